The summed E-state index contributed by atoms with van der Waals surface area (Å²) in [7, 11) is 0. The Morgan fingerprint density at radius 2 is 1.81 bits per heavy atom. The molecule has 0 saturated heterocycles. The number of hydrogen-bond donors (Lipinski definition) is 3. The van der Waals surface area contributed by atoms with Crippen molar-refractivity contribution in [2.24, 2.45) is 11.8 Å². The van der Waals surface area contributed by atoms with Crippen LogP contribution in [0.25, 0.3) is 0 Å². The standard InChI is InChI=1S/C19H25N3O5/c1-11-10-16(11)17(24)21-15-6-4-14(5-7-15)18(25)22(12(2)19(26)27)9-8-20-13(3)23/h4-7,11-12,16H,8-10H2,1-3H3,(H,20,23)(H,21,24)(H,26,27). The Labute approximate surface area is 157 Å². The van der Waals surface area contributed by atoms with Gasteiger partial charge in [0.25, 0.3) is 5.91 Å². The second-order valence-electron chi connectivity index (χ2n) is 6.88. The third-order valence-electron chi connectivity index (χ3n) is 4.66. The zero-order chi connectivity index (χ0) is 20.1. The van der Waals surface area contributed by atoms with Gasteiger partial charge in [0.05, 0.1) is 0 Å². The zero-order valence-corrected chi connectivity index (χ0v) is 15.7. The minimum Gasteiger partial charge on any atom is -0.480 e. The Kier molecular flexibility index (Phi) is 6.55. The van der Waals surface area contributed by atoms with Gasteiger partial charge in [0.1, 0.15) is 6.04 Å². The lowest BCUT2D eigenvalue weighted by atomic mass is 10.1. The third-order valence-corrected chi connectivity index (χ3v) is 4.66. The van der Waals surface area contributed by atoms with E-state index >= 15 is 0 Å². The maximum Gasteiger partial charge on any atom is 0.326 e. The number of benzene rings is 1. The van der Waals surface area contributed by atoms with Crippen LogP contribution in [0.5, 0.6) is 0 Å². The van der Waals surface area contributed by atoms with Gasteiger partial charge in [-0.1, -0.05) is 6.92 Å². The first-order chi connectivity index (χ1) is 12.7. The number of nitrogens with one attached hydrogen (secondary N) is 2. The van der Waals surface area contributed by atoms with Crippen molar-refractivity contribution in [1.29, 1.82) is 0 Å². The van der Waals surface area contributed by atoms with Crippen LogP contribution in [0.15, 0.2) is 24.3 Å². The van der Waals surface area contributed by atoms with Crippen LogP contribution in [0, 0.1) is 11.8 Å². The van der Waals surface area contributed by atoms with Crippen molar-refractivity contribution in [3.63, 3.8) is 0 Å². The maximum atomic E-state index is 12.7. The molecule has 8 nitrogen and oxygen atoms in total. The number of carboxylic acid groups (broad SMARTS) is 1. The summed E-state index contributed by atoms with van der Waals surface area (Å²) in [6.45, 7) is 5.02. The van der Waals surface area contributed by atoms with Crippen molar-refractivity contribution in [2.75, 3.05) is 18.4 Å². The normalized spacial score (nSPS) is 18.9. The van der Waals surface area contributed by atoms with E-state index in [0.717, 1.165) is 6.42 Å². The number of rotatable bonds is 8. The molecule has 1 fully saturated rings. The molecule has 3 amide bonds. The number of carbonyl (C=O) groups is 4. The molecule has 27 heavy (non-hydrogen) atoms. The van der Waals surface area contributed by atoms with Crippen LogP contribution in [0.3, 0.4) is 0 Å². The van der Waals surface area contributed by atoms with Gasteiger partial charge < -0.3 is 20.6 Å². The molecule has 0 aromatic heterocycles. The molecule has 0 radical (unpaired) electrons. The molecule has 1 aliphatic rings. The molecule has 3 unspecified atom stereocenters. The molecule has 1 aliphatic carbocycles. The van der Waals surface area contributed by atoms with Gasteiger partial charge >= 0.3 is 5.97 Å². The molecule has 0 spiro atoms. The van der Waals surface area contributed by atoms with Crippen LogP contribution < -0.4 is 10.6 Å². The Hall–Kier alpha value is -2.90. The van der Waals surface area contributed by atoms with Gasteiger partial charge in [-0.25, -0.2) is 4.79 Å². The molecular formula is C19H25N3O5. The molecular weight excluding hydrogens is 350 g/mol. The summed E-state index contributed by atoms with van der Waals surface area (Å²) in [5.41, 5.74) is 0.899. The first-order valence-corrected chi connectivity index (χ1v) is 8.89. The summed E-state index contributed by atoms with van der Waals surface area (Å²) in [6.07, 6.45) is 0.888. The lowest BCUT2D eigenvalue weighted by Gasteiger charge is -2.26. The van der Waals surface area contributed by atoms with Crippen molar-refractivity contribution in [3.05, 3.63) is 29.8 Å². The second kappa shape index (κ2) is 8.66. The molecule has 2 rings (SSSR count). The molecule has 3 N–H and O–H groups in total. The third kappa shape index (κ3) is 5.54. The van der Waals surface area contributed by atoms with E-state index in [1.165, 1.54) is 18.7 Å². The number of anilines is 1. The lowest BCUT2D eigenvalue weighted by Crippen LogP contribution is -2.46. The molecule has 146 valence electrons. The average molecular weight is 375 g/mol. The van der Waals surface area contributed by atoms with Crippen molar-refractivity contribution >= 4 is 29.4 Å². The van der Waals surface area contributed by atoms with Crippen LogP contribution in [0.4, 0.5) is 5.69 Å². The van der Waals surface area contributed by atoms with Crippen LogP contribution in [-0.4, -0.2) is 52.8 Å². The minimum atomic E-state index is -1.13. The summed E-state index contributed by atoms with van der Waals surface area (Å²) in [6, 6.07) is 5.30. The molecule has 1 saturated carbocycles. The summed E-state index contributed by atoms with van der Waals surface area (Å²) >= 11 is 0. The van der Waals surface area contributed by atoms with E-state index in [1.54, 1.807) is 24.3 Å². The van der Waals surface area contributed by atoms with E-state index in [0.29, 0.717) is 17.2 Å². The fourth-order valence-electron chi connectivity index (χ4n) is 2.74. The molecule has 0 aliphatic heterocycles. The fraction of sp³-hybridized carbons (Fsp3) is 0.474. The van der Waals surface area contributed by atoms with E-state index in [9.17, 15) is 24.3 Å². The second-order valence-corrected chi connectivity index (χ2v) is 6.88. The monoisotopic (exact) mass is 375 g/mol. The number of nitrogens with zero attached hydrogens (tertiary/aromatic N) is 1. The van der Waals surface area contributed by atoms with Crippen LogP contribution in [0.2, 0.25) is 0 Å². The molecule has 3 atom stereocenters. The number of hydrogen-bond acceptors (Lipinski definition) is 4. The minimum absolute atomic E-state index is 0.0296. The van der Waals surface area contributed by atoms with Gasteiger partial charge in [0.15, 0.2) is 0 Å². The van der Waals surface area contributed by atoms with Crippen molar-refractivity contribution in [3.8, 4) is 0 Å². The highest BCUT2D eigenvalue weighted by atomic mass is 16.4. The van der Waals surface area contributed by atoms with Gasteiger partial charge in [-0.3, -0.25) is 14.4 Å². The molecule has 0 heterocycles. The van der Waals surface area contributed by atoms with Crippen molar-refractivity contribution in [1.82, 2.24) is 10.2 Å². The molecule has 8 heteroatoms. The largest absolute Gasteiger partial charge is 0.480 e. The summed E-state index contributed by atoms with van der Waals surface area (Å²) in [5, 5.41) is 14.6. The predicted octanol–water partition coefficient (Wildman–Crippen LogP) is 1.33. The van der Waals surface area contributed by atoms with E-state index in [-0.39, 0.29) is 30.8 Å². The Morgan fingerprint density at radius 3 is 2.30 bits per heavy atom. The number of carboxylic acids is 1. The van der Waals surface area contributed by atoms with Crippen molar-refractivity contribution in [2.45, 2.75) is 33.2 Å². The zero-order valence-electron chi connectivity index (χ0n) is 15.7. The number of carbonyl (C=O) groups excluding carboxylic acids is 3. The molecule has 1 aromatic carbocycles. The highest BCUT2D eigenvalue weighted by Gasteiger charge is 2.39. The topological polar surface area (TPSA) is 116 Å². The fourth-order valence-corrected chi connectivity index (χ4v) is 2.74. The summed E-state index contributed by atoms with van der Waals surface area (Å²) < 4.78 is 0. The van der Waals surface area contributed by atoms with E-state index in [4.69, 9.17) is 0 Å². The highest BCUT2D eigenvalue weighted by Crippen LogP contribution is 2.38. The predicted molar refractivity (Wildman–Crippen MR) is 99.2 cm³/mol. The lowest BCUT2D eigenvalue weighted by molar-refractivity contribution is -0.141. The SMILES string of the molecule is CC(=O)NCCN(C(=O)c1ccc(NC(=O)C2CC2C)cc1)C(C)C(=O)O. The van der Waals surface area contributed by atoms with E-state index in [1.807, 2.05) is 6.92 Å². The Bertz CT molecular complexity index is 731. The van der Waals surface area contributed by atoms with Gasteiger partial charge in [0, 0.05) is 37.2 Å². The molecule has 0 bridgehead atoms. The maximum absolute atomic E-state index is 12.7. The smallest absolute Gasteiger partial charge is 0.326 e. The van der Waals surface area contributed by atoms with Crippen LogP contribution in [0.1, 0.15) is 37.6 Å². The first-order valence-electron chi connectivity index (χ1n) is 8.89. The quantitative estimate of drug-likeness (QED) is 0.634. The van der Waals surface area contributed by atoms with Gasteiger partial charge in [-0.2, -0.15) is 0 Å². The van der Waals surface area contributed by atoms with E-state index < -0.39 is 17.9 Å². The number of aliphatic carboxylic acids is 1. The highest BCUT2D eigenvalue weighted by molar-refractivity contribution is 5.98. The first kappa shape index (κ1) is 20.4. The summed E-state index contributed by atoms with van der Waals surface area (Å²) in [5.74, 6) is -1.42. The van der Waals surface area contributed by atoms with Crippen molar-refractivity contribution < 1.29 is 24.3 Å². The summed E-state index contributed by atoms with van der Waals surface area (Å²) in [4.78, 5) is 48.2. The average Bonchev–Trinajstić information content (AvgIpc) is 3.35. The van der Waals surface area contributed by atoms with Gasteiger partial charge in [-0.05, 0) is 43.5 Å². The van der Waals surface area contributed by atoms with Gasteiger partial charge in [0.2, 0.25) is 11.8 Å². The van der Waals surface area contributed by atoms with Crippen LogP contribution >= 0.6 is 0 Å². The Morgan fingerprint density at radius 1 is 1.22 bits per heavy atom. The number of amides is 3. The van der Waals surface area contributed by atoms with Crippen LogP contribution in [-0.2, 0) is 14.4 Å². The van der Waals surface area contributed by atoms with Gasteiger partial charge in [-0.15, -0.1) is 0 Å². The Balaban J connectivity index is 2.05. The molecule has 1 aromatic rings. The van der Waals surface area contributed by atoms with E-state index in [2.05, 4.69) is 10.6 Å².